The largest absolute Gasteiger partial charge is 0.443 e. The Morgan fingerprint density at radius 3 is 1.62 bits per heavy atom. The Hall–Kier alpha value is -3.61. The van der Waals surface area contributed by atoms with Crippen LogP contribution in [0.25, 0.3) is 22.7 Å². The number of hydrogen-bond donors (Lipinski definition) is 0. The van der Waals surface area contributed by atoms with Gasteiger partial charge < -0.3 is 13.9 Å². The molecule has 0 saturated heterocycles. The minimum Gasteiger partial charge on any atom is -0.443 e. The van der Waals surface area contributed by atoms with Crippen molar-refractivity contribution < 1.29 is 23.5 Å². The van der Waals surface area contributed by atoms with E-state index in [1.54, 1.807) is 41.5 Å². The Balaban J connectivity index is 2.18. The van der Waals surface area contributed by atoms with Crippen LogP contribution in [0.2, 0.25) is 0 Å². The summed E-state index contributed by atoms with van der Waals surface area (Å²) in [7, 11) is 0. The summed E-state index contributed by atoms with van der Waals surface area (Å²) in [6, 6.07) is 18.4. The van der Waals surface area contributed by atoms with Crippen LogP contribution in [0.3, 0.4) is 0 Å². The lowest BCUT2D eigenvalue weighted by Crippen LogP contribution is -2.43. The number of ether oxygens (including phenoxy) is 2. The van der Waals surface area contributed by atoms with Crippen LogP contribution in [0.1, 0.15) is 41.5 Å². The highest BCUT2D eigenvalue weighted by Crippen LogP contribution is 2.36. The Morgan fingerprint density at radius 1 is 0.750 bits per heavy atom. The van der Waals surface area contributed by atoms with Gasteiger partial charge in [-0.1, -0.05) is 48.5 Å². The molecule has 0 spiro atoms. The van der Waals surface area contributed by atoms with Crippen LogP contribution in [0.5, 0.6) is 0 Å². The van der Waals surface area contributed by atoms with Crippen molar-refractivity contribution in [3.63, 3.8) is 0 Å². The van der Waals surface area contributed by atoms with Crippen molar-refractivity contribution in [2.24, 2.45) is 0 Å². The maximum atomic E-state index is 13.1. The number of anilines is 1. The quantitative estimate of drug-likeness (QED) is 0.455. The van der Waals surface area contributed by atoms with E-state index in [1.165, 1.54) is 0 Å². The molecule has 3 aromatic rings. The second kappa shape index (κ2) is 8.86. The topological polar surface area (TPSA) is 81.9 Å². The highest BCUT2D eigenvalue weighted by molar-refractivity contribution is 6.10. The minimum absolute atomic E-state index is 0.0708. The number of oxazole rings is 1. The molecule has 2 amide bonds. The molecule has 32 heavy (non-hydrogen) atoms. The molecule has 0 aliphatic rings. The summed E-state index contributed by atoms with van der Waals surface area (Å²) < 4.78 is 17.0. The molecule has 168 valence electrons. The fraction of sp³-hybridized carbons (Fsp3) is 0.320. The van der Waals surface area contributed by atoms with E-state index in [-0.39, 0.29) is 11.8 Å². The number of hydrogen-bond acceptors (Lipinski definition) is 6. The number of aromatic nitrogens is 1. The van der Waals surface area contributed by atoms with Crippen molar-refractivity contribution in [3.8, 4) is 22.7 Å². The predicted molar refractivity (Wildman–Crippen MR) is 122 cm³/mol. The van der Waals surface area contributed by atoms with Gasteiger partial charge in [-0.15, -0.1) is 4.90 Å². The fourth-order valence-corrected chi connectivity index (χ4v) is 2.81. The molecule has 0 radical (unpaired) electrons. The van der Waals surface area contributed by atoms with Gasteiger partial charge >= 0.3 is 12.2 Å². The van der Waals surface area contributed by atoms with E-state index in [1.807, 2.05) is 60.7 Å². The number of carbonyl (C=O) groups is 2. The maximum Gasteiger partial charge on any atom is 0.427 e. The molecule has 0 unspecified atom stereocenters. The second-order valence-electron chi connectivity index (χ2n) is 9.20. The summed E-state index contributed by atoms with van der Waals surface area (Å²) in [6.07, 6.45) is -1.83. The molecular formula is C25H28N2O5. The third-order valence-electron chi connectivity index (χ3n) is 4.03. The average Bonchev–Trinajstić information content (AvgIpc) is 3.11. The predicted octanol–water partition coefficient (Wildman–Crippen LogP) is 6.69. The molecular weight excluding hydrogens is 408 g/mol. The summed E-state index contributed by atoms with van der Waals surface area (Å²) in [5, 5.41) is 0. The number of imide groups is 1. The monoisotopic (exact) mass is 436 g/mol. The van der Waals surface area contributed by atoms with Crippen LogP contribution in [0, 0.1) is 0 Å². The molecule has 0 saturated carbocycles. The number of benzene rings is 2. The first-order valence-electron chi connectivity index (χ1n) is 10.3. The summed E-state index contributed by atoms with van der Waals surface area (Å²) in [6.45, 7) is 10.3. The van der Waals surface area contributed by atoms with Crippen molar-refractivity contribution in [2.45, 2.75) is 52.7 Å². The molecule has 0 aliphatic carbocycles. The first-order chi connectivity index (χ1) is 14.9. The molecule has 7 nitrogen and oxygen atoms in total. The first kappa shape index (κ1) is 23.1. The molecule has 0 N–H and O–H groups in total. The van der Waals surface area contributed by atoms with Crippen LogP contribution in [-0.2, 0) is 9.47 Å². The van der Waals surface area contributed by atoms with Crippen LogP contribution in [-0.4, -0.2) is 28.4 Å². The Morgan fingerprint density at radius 2 is 1.19 bits per heavy atom. The molecule has 0 atom stereocenters. The zero-order chi connectivity index (χ0) is 23.5. The van der Waals surface area contributed by atoms with E-state index < -0.39 is 23.4 Å². The lowest BCUT2D eigenvalue weighted by Gasteiger charge is -2.27. The lowest BCUT2D eigenvalue weighted by molar-refractivity contribution is 0.0422. The van der Waals surface area contributed by atoms with Crippen molar-refractivity contribution in [2.75, 3.05) is 4.90 Å². The van der Waals surface area contributed by atoms with E-state index >= 15 is 0 Å². The summed E-state index contributed by atoms with van der Waals surface area (Å²) in [5.74, 6) is 0.190. The Labute approximate surface area is 188 Å². The smallest absolute Gasteiger partial charge is 0.427 e. The lowest BCUT2D eigenvalue weighted by atomic mass is 10.1. The standard InChI is InChI=1S/C25H28N2O5/c1-24(2,3)31-22(28)27(23(29)32-25(4,5)6)21-19(17-13-9-7-10-14-17)26-20(30-21)18-15-11-8-12-16-18/h7-16H,1-6H3. The Bertz CT molecular complexity index is 1050. The second-order valence-corrected chi connectivity index (χ2v) is 9.20. The van der Waals surface area contributed by atoms with Crippen LogP contribution < -0.4 is 4.90 Å². The number of carbonyl (C=O) groups excluding carboxylic acids is 2. The number of nitrogens with zero attached hydrogens (tertiary/aromatic N) is 2. The molecule has 7 heteroatoms. The van der Waals surface area contributed by atoms with E-state index in [0.29, 0.717) is 16.8 Å². The van der Waals surface area contributed by atoms with Crippen molar-refractivity contribution >= 4 is 18.1 Å². The van der Waals surface area contributed by atoms with Gasteiger partial charge in [-0.2, -0.15) is 0 Å². The normalized spacial score (nSPS) is 11.7. The van der Waals surface area contributed by atoms with Gasteiger partial charge in [0.05, 0.1) is 0 Å². The first-order valence-corrected chi connectivity index (χ1v) is 10.3. The van der Waals surface area contributed by atoms with Crippen LogP contribution in [0.15, 0.2) is 65.1 Å². The van der Waals surface area contributed by atoms with E-state index in [9.17, 15) is 9.59 Å². The van der Waals surface area contributed by atoms with E-state index in [0.717, 1.165) is 4.90 Å². The number of amides is 2. The highest BCUT2D eigenvalue weighted by Gasteiger charge is 2.37. The summed E-state index contributed by atoms with van der Waals surface area (Å²) >= 11 is 0. The fourth-order valence-electron chi connectivity index (χ4n) is 2.81. The van der Waals surface area contributed by atoms with E-state index in [2.05, 4.69) is 4.98 Å². The third kappa shape index (κ3) is 5.75. The summed E-state index contributed by atoms with van der Waals surface area (Å²) in [5.41, 5.74) is 0.00925. The molecule has 2 aromatic carbocycles. The van der Waals surface area contributed by atoms with Crippen LogP contribution in [0.4, 0.5) is 15.5 Å². The average molecular weight is 437 g/mol. The molecule has 0 aliphatic heterocycles. The van der Waals surface area contributed by atoms with Gasteiger partial charge in [0.1, 0.15) is 16.9 Å². The van der Waals surface area contributed by atoms with Gasteiger partial charge in [-0.05, 0) is 53.7 Å². The third-order valence-corrected chi connectivity index (χ3v) is 4.03. The van der Waals surface area contributed by atoms with Crippen molar-refractivity contribution in [1.82, 2.24) is 4.98 Å². The SMILES string of the molecule is CC(C)(C)OC(=O)N(C(=O)OC(C)(C)C)c1oc(-c2ccccc2)nc1-c1ccccc1. The van der Waals surface area contributed by atoms with E-state index in [4.69, 9.17) is 13.9 Å². The molecule has 3 rings (SSSR count). The Kier molecular flexibility index (Phi) is 6.39. The van der Waals surface area contributed by atoms with Crippen molar-refractivity contribution in [1.29, 1.82) is 0 Å². The van der Waals surface area contributed by atoms with Gasteiger partial charge in [-0.3, -0.25) is 0 Å². The molecule has 1 aromatic heterocycles. The van der Waals surface area contributed by atoms with Gasteiger partial charge in [-0.25, -0.2) is 14.6 Å². The molecule has 1 heterocycles. The van der Waals surface area contributed by atoms with Gasteiger partial charge in [0.15, 0.2) is 0 Å². The zero-order valence-electron chi connectivity index (χ0n) is 19.2. The van der Waals surface area contributed by atoms with Gasteiger partial charge in [0.25, 0.3) is 0 Å². The van der Waals surface area contributed by atoms with Crippen LogP contribution >= 0.6 is 0 Å². The molecule has 0 fully saturated rings. The minimum atomic E-state index is -0.917. The number of rotatable bonds is 3. The van der Waals surface area contributed by atoms with Gasteiger partial charge in [0.2, 0.25) is 11.8 Å². The van der Waals surface area contributed by atoms with Gasteiger partial charge in [0, 0.05) is 11.1 Å². The zero-order valence-corrected chi connectivity index (χ0v) is 19.2. The highest BCUT2D eigenvalue weighted by atomic mass is 16.6. The van der Waals surface area contributed by atoms with Crippen molar-refractivity contribution in [3.05, 3.63) is 60.7 Å². The molecule has 0 bridgehead atoms. The maximum absolute atomic E-state index is 13.1. The summed E-state index contributed by atoms with van der Waals surface area (Å²) in [4.78, 5) is 31.6.